The number of anilines is 1. The highest BCUT2D eigenvalue weighted by molar-refractivity contribution is 6.10. The van der Waals surface area contributed by atoms with Crippen LogP contribution in [0.3, 0.4) is 0 Å². The summed E-state index contributed by atoms with van der Waals surface area (Å²) in [4.78, 5) is 24.1. The molecule has 4 aromatic rings. The molecule has 0 radical (unpaired) electrons. The molecule has 0 aliphatic carbocycles. The number of rotatable bonds is 3. The molecule has 2 aliphatic rings. The lowest BCUT2D eigenvalue weighted by molar-refractivity contribution is 0.291. The summed E-state index contributed by atoms with van der Waals surface area (Å²) in [6.07, 6.45) is 0. The van der Waals surface area contributed by atoms with Crippen molar-refractivity contribution in [3.8, 4) is 11.8 Å². The Balaban J connectivity index is 0.000000384. The van der Waals surface area contributed by atoms with E-state index in [1.54, 1.807) is 19.2 Å². The number of pyridine rings is 1. The Labute approximate surface area is 229 Å². The van der Waals surface area contributed by atoms with Gasteiger partial charge in [-0.25, -0.2) is 0 Å². The number of ether oxygens (including phenoxy) is 1. The molecular formula is C30H39N7O2. The summed E-state index contributed by atoms with van der Waals surface area (Å²) >= 11 is 0. The summed E-state index contributed by atoms with van der Waals surface area (Å²) in [7, 11) is 5.95. The molecule has 2 aromatic carbocycles. The molecule has 0 unspecified atom stereocenters. The van der Waals surface area contributed by atoms with Gasteiger partial charge in [0.2, 0.25) is 0 Å². The number of fused-ring (bicyclic) bond motifs is 4. The van der Waals surface area contributed by atoms with Gasteiger partial charge in [0.05, 0.1) is 40.7 Å². The zero-order valence-electron chi connectivity index (χ0n) is 23.7. The van der Waals surface area contributed by atoms with Crippen LogP contribution < -0.4 is 20.4 Å². The second-order valence-electron chi connectivity index (χ2n) is 10.9. The first-order chi connectivity index (χ1) is 18.8. The number of piperazine rings is 2. The normalized spacial score (nSPS) is 17.0. The average Bonchev–Trinajstić information content (AvgIpc) is 3.32. The number of aromatic amines is 1. The van der Waals surface area contributed by atoms with Gasteiger partial charge in [-0.15, -0.1) is 0 Å². The Bertz CT molecular complexity index is 1580. The number of hydrogen-bond donors (Lipinski definition) is 2. The summed E-state index contributed by atoms with van der Waals surface area (Å²) in [5.41, 5.74) is 4.04. The maximum atomic E-state index is 13.7. The second kappa shape index (κ2) is 11.3. The fourth-order valence-electron chi connectivity index (χ4n) is 5.63. The van der Waals surface area contributed by atoms with Crippen LogP contribution in [0.1, 0.15) is 25.5 Å². The van der Waals surface area contributed by atoms with E-state index in [-0.39, 0.29) is 11.5 Å². The van der Waals surface area contributed by atoms with Crippen molar-refractivity contribution >= 4 is 38.5 Å². The van der Waals surface area contributed by atoms with E-state index < -0.39 is 0 Å². The highest BCUT2D eigenvalue weighted by Crippen LogP contribution is 2.36. The quantitative estimate of drug-likeness (QED) is 0.420. The van der Waals surface area contributed by atoms with Crippen LogP contribution in [0.4, 0.5) is 5.69 Å². The largest absolute Gasteiger partial charge is 0.495 e. The third-order valence-corrected chi connectivity index (χ3v) is 7.88. The minimum absolute atomic E-state index is 0.0221. The zero-order valence-corrected chi connectivity index (χ0v) is 23.7. The maximum Gasteiger partial charge on any atom is 0.199 e. The molecule has 9 heteroatoms. The first-order valence-corrected chi connectivity index (χ1v) is 13.8. The van der Waals surface area contributed by atoms with Crippen molar-refractivity contribution in [1.82, 2.24) is 24.7 Å². The first-order valence-electron chi connectivity index (χ1n) is 13.8. The van der Waals surface area contributed by atoms with E-state index in [2.05, 4.69) is 69.6 Å². The number of nitriles is 1. The Hall–Kier alpha value is -3.58. The fraction of sp³-hybridized carbons (Fsp3) is 0.467. The molecule has 0 spiro atoms. The Kier molecular flexibility index (Phi) is 7.80. The molecule has 39 heavy (non-hydrogen) atoms. The molecule has 2 aromatic heterocycles. The molecule has 0 amide bonds. The van der Waals surface area contributed by atoms with Crippen molar-refractivity contribution in [3.05, 3.63) is 46.1 Å². The first kappa shape index (κ1) is 27.0. The number of aromatic nitrogens is 2. The number of nitrogens with one attached hydrogen (secondary N) is 2. The van der Waals surface area contributed by atoms with Crippen molar-refractivity contribution < 1.29 is 4.74 Å². The summed E-state index contributed by atoms with van der Waals surface area (Å²) in [6.45, 7) is 12.8. The van der Waals surface area contributed by atoms with Gasteiger partial charge in [0.15, 0.2) is 5.43 Å². The van der Waals surface area contributed by atoms with Gasteiger partial charge >= 0.3 is 0 Å². The number of benzene rings is 2. The van der Waals surface area contributed by atoms with Crippen molar-refractivity contribution in [3.63, 3.8) is 0 Å². The third kappa shape index (κ3) is 5.20. The average molecular weight is 530 g/mol. The number of H-pyrrole nitrogens is 1. The Morgan fingerprint density at radius 3 is 2.23 bits per heavy atom. The van der Waals surface area contributed by atoms with E-state index >= 15 is 0 Å². The highest BCUT2D eigenvalue weighted by Gasteiger charge is 2.23. The molecule has 0 bridgehead atoms. The van der Waals surface area contributed by atoms with Gasteiger partial charge in [0, 0.05) is 69.3 Å². The van der Waals surface area contributed by atoms with Gasteiger partial charge in [-0.1, -0.05) is 6.07 Å². The van der Waals surface area contributed by atoms with Crippen LogP contribution in [-0.4, -0.2) is 92.9 Å². The molecule has 0 atom stereocenters. The fourth-order valence-corrected chi connectivity index (χ4v) is 5.63. The molecule has 2 aliphatic heterocycles. The third-order valence-electron chi connectivity index (χ3n) is 7.88. The van der Waals surface area contributed by atoms with Crippen LogP contribution in [0.5, 0.6) is 5.75 Å². The second-order valence-corrected chi connectivity index (χ2v) is 10.9. The lowest BCUT2D eigenvalue weighted by atomic mass is 10.1. The SMILES string of the molecule is CN1CCNCC1.COc1cc2c(=O)c3c4ccc(C#N)cc4[nH]c3n(C(C)C)c2cc1N1CCN(C)CC1. The summed E-state index contributed by atoms with van der Waals surface area (Å²) in [6, 6.07) is 11.7. The molecule has 6 rings (SSSR count). The van der Waals surface area contributed by atoms with Gasteiger partial charge in [0.25, 0.3) is 0 Å². The van der Waals surface area contributed by atoms with Gasteiger partial charge in [0.1, 0.15) is 11.4 Å². The van der Waals surface area contributed by atoms with E-state index in [4.69, 9.17) is 4.74 Å². The lowest BCUT2D eigenvalue weighted by Crippen LogP contribution is -2.44. The number of hydrogen-bond acceptors (Lipinski definition) is 7. The molecule has 2 fully saturated rings. The topological polar surface area (TPSA) is 92.6 Å². The summed E-state index contributed by atoms with van der Waals surface area (Å²) in [5.74, 6) is 0.723. The zero-order chi connectivity index (χ0) is 27.7. The molecule has 2 N–H and O–H groups in total. The van der Waals surface area contributed by atoms with E-state index in [9.17, 15) is 10.1 Å². The molecule has 9 nitrogen and oxygen atoms in total. The maximum absolute atomic E-state index is 13.7. The standard InChI is InChI=1S/C25H27N5O2.C5H12N2/c1-15(2)30-20-13-21(29-9-7-28(3)8-10-29)22(32-4)12-18(20)24(31)23-17-6-5-16(14-26)11-19(17)27-25(23)30;1-7-4-2-6-3-5-7/h5-6,11-13,15,27H,7-10H2,1-4H3;6H,2-5H2,1H3. The van der Waals surface area contributed by atoms with Gasteiger partial charge in [-0.2, -0.15) is 5.26 Å². The van der Waals surface area contributed by atoms with Crippen LogP contribution in [0.15, 0.2) is 35.1 Å². The van der Waals surface area contributed by atoms with Gasteiger partial charge in [-0.05, 0) is 52.2 Å². The van der Waals surface area contributed by atoms with Gasteiger partial charge < -0.3 is 34.3 Å². The van der Waals surface area contributed by atoms with Crippen molar-refractivity contribution in [2.24, 2.45) is 0 Å². The van der Waals surface area contributed by atoms with Crippen LogP contribution in [-0.2, 0) is 0 Å². The number of methoxy groups -OCH3 is 1. The summed E-state index contributed by atoms with van der Waals surface area (Å²) in [5, 5.41) is 14.7. The lowest BCUT2D eigenvalue weighted by Gasteiger charge is -2.35. The minimum Gasteiger partial charge on any atom is -0.495 e. The van der Waals surface area contributed by atoms with E-state index in [1.807, 2.05) is 12.1 Å². The molecule has 4 heterocycles. The molecule has 2 saturated heterocycles. The predicted octanol–water partition coefficient (Wildman–Crippen LogP) is 3.37. The van der Waals surface area contributed by atoms with E-state index in [1.165, 1.54) is 13.1 Å². The predicted molar refractivity (Wildman–Crippen MR) is 159 cm³/mol. The van der Waals surface area contributed by atoms with Crippen LogP contribution in [0.25, 0.3) is 32.8 Å². The minimum atomic E-state index is -0.0221. The Morgan fingerprint density at radius 2 is 1.64 bits per heavy atom. The van der Waals surface area contributed by atoms with Crippen molar-refractivity contribution in [2.45, 2.75) is 19.9 Å². The molecule has 0 saturated carbocycles. The van der Waals surface area contributed by atoms with E-state index in [0.29, 0.717) is 16.3 Å². The number of likely N-dealkylation sites (N-methyl/N-ethyl adjacent to an activating group) is 2. The van der Waals surface area contributed by atoms with Crippen molar-refractivity contribution in [2.75, 3.05) is 78.5 Å². The van der Waals surface area contributed by atoms with Crippen LogP contribution in [0.2, 0.25) is 0 Å². The van der Waals surface area contributed by atoms with Crippen LogP contribution >= 0.6 is 0 Å². The van der Waals surface area contributed by atoms with Crippen molar-refractivity contribution in [1.29, 1.82) is 5.26 Å². The van der Waals surface area contributed by atoms with Crippen LogP contribution in [0, 0.1) is 11.3 Å². The smallest absolute Gasteiger partial charge is 0.199 e. The Morgan fingerprint density at radius 1 is 0.949 bits per heavy atom. The van der Waals surface area contributed by atoms with E-state index in [0.717, 1.165) is 72.8 Å². The monoisotopic (exact) mass is 529 g/mol. The summed E-state index contributed by atoms with van der Waals surface area (Å²) < 4.78 is 7.94. The molecule has 206 valence electrons. The molecular weight excluding hydrogens is 490 g/mol. The van der Waals surface area contributed by atoms with Gasteiger partial charge in [-0.3, -0.25) is 4.79 Å². The highest BCUT2D eigenvalue weighted by atomic mass is 16.5. The number of nitrogens with zero attached hydrogens (tertiary/aromatic N) is 5.